The first-order valence-electron chi connectivity index (χ1n) is 6.48. The third-order valence-corrected chi connectivity index (χ3v) is 3.81. The van der Waals surface area contributed by atoms with Crippen LogP contribution in [0.1, 0.15) is 34.7 Å². The number of nitrogens with zero attached hydrogens (tertiary/aromatic N) is 1. The second-order valence-corrected chi connectivity index (χ2v) is 5.09. The Morgan fingerprint density at radius 1 is 1.35 bits per heavy atom. The molecule has 1 N–H and O–H groups in total. The molecule has 2 amide bonds. The van der Waals surface area contributed by atoms with Crippen molar-refractivity contribution in [2.24, 2.45) is 7.05 Å². The van der Waals surface area contributed by atoms with Crippen molar-refractivity contribution < 1.29 is 14.4 Å². The topological polar surface area (TPSA) is 68.2 Å². The van der Waals surface area contributed by atoms with E-state index in [0.29, 0.717) is 18.4 Å². The second kappa shape index (κ2) is 4.59. The van der Waals surface area contributed by atoms with E-state index in [1.807, 2.05) is 23.9 Å². The lowest BCUT2D eigenvalue weighted by molar-refractivity contribution is -0.134. The Morgan fingerprint density at radius 2 is 2.15 bits per heavy atom. The maximum Gasteiger partial charge on any atom is 0.234 e. The predicted molar refractivity (Wildman–Crippen MR) is 73.4 cm³/mol. The van der Waals surface area contributed by atoms with Crippen LogP contribution in [0.15, 0.2) is 24.4 Å². The highest BCUT2D eigenvalue weighted by molar-refractivity contribution is 6.03. The second-order valence-electron chi connectivity index (χ2n) is 5.09. The van der Waals surface area contributed by atoms with E-state index in [4.69, 9.17) is 0 Å². The Labute approximate surface area is 115 Å². The number of amides is 2. The molecule has 1 aromatic carbocycles. The fraction of sp³-hybridized carbons (Fsp3) is 0.267. The first-order chi connectivity index (χ1) is 9.60. The summed E-state index contributed by atoms with van der Waals surface area (Å²) in [5.74, 6) is -0.894. The standard InChI is InChI=1S/C15H14N2O3/c1-17-5-4-10-12(6-9(8-18)7-13(10)17)11-2-3-14(19)16-15(11)20/h4-8,11H,2-3H2,1H3,(H,16,19,20). The normalized spacial score (nSPS) is 19.1. The van der Waals surface area contributed by atoms with Crippen molar-refractivity contribution in [2.45, 2.75) is 18.8 Å². The number of benzene rings is 1. The number of imide groups is 1. The van der Waals surface area contributed by atoms with Crippen molar-refractivity contribution in [2.75, 3.05) is 0 Å². The zero-order valence-corrected chi connectivity index (χ0v) is 11.1. The number of aryl methyl sites for hydroxylation is 1. The average Bonchev–Trinajstić information content (AvgIpc) is 2.80. The zero-order chi connectivity index (χ0) is 14.3. The smallest absolute Gasteiger partial charge is 0.234 e. The number of aldehydes is 1. The minimum atomic E-state index is -0.377. The summed E-state index contributed by atoms with van der Waals surface area (Å²) >= 11 is 0. The number of aromatic nitrogens is 1. The Balaban J connectivity index is 2.17. The largest absolute Gasteiger partial charge is 0.351 e. The number of fused-ring (bicyclic) bond motifs is 1. The van der Waals surface area contributed by atoms with E-state index in [0.717, 1.165) is 22.8 Å². The summed E-state index contributed by atoms with van der Waals surface area (Å²) in [5.41, 5.74) is 2.27. The molecule has 1 aliphatic heterocycles. The van der Waals surface area contributed by atoms with Crippen LogP contribution in [0, 0.1) is 0 Å². The molecule has 0 spiro atoms. The molecular weight excluding hydrogens is 256 g/mol. The van der Waals surface area contributed by atoms with Gasteiger partial charge in [-0.3, -0.25) is 19.7 Å². The third kappa shape index (κ3) is 1.91. The molecule has 20 heavy (non-hydrogen) atoms. The van der Waals surface area contributed by atoms with Gasteiger partial charge in [0.1, 0.15) is 6.29 Å². The summed E-state index contributed by atoms with van der Waals surface area (Å²) in [5, 5.41) is 3.32. The molecule has 5 nitrogen and oxygen atoms in total. The van der Waals surface area contributed by atoms with Gasteiger partial charge in [0.25, 0.3) is 0 Å². The molecule has 1 atom stereocenters. The van der Waals surface area contributed by atoms with Crippen molar-refractivity contribution >= 4 is 29.0 Å². The minimum Gasteiger partial charge on any atom is -0.351 e. The zero-order valence-electron chi connectivity index (χ0n) is 11.1. The maximum absolute atomic E-state index is 12.0. The Hall–Kier alpha value is -2.43. The van der Waals surface area contributed by atoms with Crippen LogP contribution in [-0.2, 0) is 16.6 Å². The van der Waals surface area contributed by atoms with E-state index in [9.17, 15) is 14.4 Å². The predicted octanol–water partition coefficient (Wildman–Crippen LogP) is 1.51. The molecule has 0 saturated carbocycles. The van der Waals surface area contributed by atoms with Gasteiger partial charge in [-0.15, -0.1) is 0 Å². The van der Waals surface area contributed by atoms with Gasteiger partial charge in [0.15, 0.2) is 0 Å². The Morgan fingerprint density at radius 3 is 2.85 bits per heavy atom. The van der Waals surface area contributed by atoms with Crippen molar-refractivity contribution in [1.29, 1.82) is 0 Å². The van der Waals surface area contributed by atoms with E-state index in [-0.39, 0.29) is 17.7 Å². The van der Waals surface area contributed by atoms with E-state index in [1.165, 1.54) is 0 Å². The average molecular weight is 270 g/mol. The summed E-state index contributed by atoms with van der Waals surface area (Å²) in [6.07, 6.45) is 3.49. The highest BCUT2D eigenvalue weighted by atomic mass is 16.2. The third-order valence-electron chi connectivity index (χ3n) is 3.81. The van der Waals surface area contributed by atoms with E-state index >= 15 is 0 Å². The van der Waals surface area contributed by atoms with Crippen LogP contribution in [0.2, 0.25) is 0 Å². The quantitative estimate of drug-likeness (QED) is 0.664. The molecule has 1 aromatic heterocycles. The lowest BCUT2D eigenvalue weighted by atomic mass is 9.87. The number of carbonyl (C=O) groups excluding carboxylic acids is 3. The molecule has 0 radical (unpaired) electrons. The van der Waals surface area contributed by atoms with Gasteiger partial charge in [0.05, 0.1) is 5.92 Å². The van der Waals surface area contributed by atoms with Gasteiger partial charge < -0.3 is 4.57 Å². The molecule has 0 bridgehead atoms. The molecule has 102 valence electrons. The minimum absolute atomic E-state index is 0.234. The maximum atomic E-state index is 12.0. The number of nitrogens with one attached hydrogen (secondary N) is 1. The van der Waals surface area contributed by atoms with Crippen LogP contribution in [-0.4, -0.2) is 22.7 Å². The van der Waals surface area contributed by atoms with Crippen LogP contribution in [0.25, 0.3) is 10.9 Å². The first-order valence-corrected chi connectivity index (χ1v) is 6.48. The number of hydrogen-bond donors (Lipinski definition) is 1. The van der Waals surface area contributed by atoms with Gasteiger partial charge in [-0.2, -0.15) is 0 Å². The summed E-state index contributed by atoms with van der Waals surface area (Å²) in [7, 11) is 1.89. The van der Waals surface area contributed by atoms with Crippen molar-refractivity contribution in [3.8, 4) is 0 Å². The Kier molecular flexibility index (Phi) is 2.89. The van der Waals surface area contributed by atoms with Crippen LogP contribution >= 0.6 is 0 Å². The van der Waals surface area contributed by atoms with Crippen LogP contribution in [0.3, 0.4) is 0 Å². The fourth-order valence-corrected chi connectivity index (χ4v) is 2.77. The lowest BCUT2D eigenvalue weighted by Gasteiger charge is -2.22. The van der Waals surface area contributed by atoms with Gasteiger partial charge in [0.2, 0.25) is 11.8 Å². The molecule has 1 fully saturated rings. The Bertz CT molecular complexity index is 730. The molecule has 3 rings (SSSR count). The summed E-state index contributed by atoms with van der Waals surface area (Å²) in [6, 6.07) is 5.48. The summed E-state index contributed by atoms with van der Waals surface area (Å²) in [6.45, 7) is 0. The molecule has 5 heteroatoms. The highest BCUT2D eigenvalue weighted by Crippen LogP contribution is 2.32. The van der Waals surface area contributed by atoms with Crippen LogP contribution in [0.4, 0.5) is 0 Å². The number of piperidine rings is 1. The monoisotopic (exact) mass is 270 g/mol. The highest BCUT2D eigenvalue weighted by Gasteiger charge is 2.29. The van der Waals surface area contributed by atoms with Crippen LogP contribution in [0.5, 0.6) is 0 Å². The van der Waals surface area contributed by atoms with E-state index < -0.39 is 0 Å². The molecule has 1 aliphatic rings. The summed E-state index contributed by atoms with van der Waals surface area (Å²) in [4.78, 5) is 34.4. The van der Waals surface area contributed by atoms with Crippen molar-refractivity contribution in [3.05, 3.63) is 35.5 Å². The summed E-state index contributed by atoms with van der Waals surface area (Å²) < 4.78 is 1.91. The first kappa shape index (κ1) is 12.6. The van der Waals surface area contributed by atoms with Crippen molar-refractivity contribution in [3.63, 3.8) is 0 Å². The number of hydrogen-bond acceptors (Lipinski definition) is 3. The molecule has 2 heterocycles. The van der Waals surface area contributed by atoms with Crippen LogP contribution < -0.4 is 5.32 Å². The lowest BCUT2D eigenvalue weighted by Crippen LogP contribution is -2.39. The van der Waals surface area contributed by atoms with Gasteiger partial charge in [-0.05, 0) is 30.2 Å². The fourth-order valence-electron chi connectivity index (χ4n) is 2.77. The van der Waals surface area contributed by atoms with E-state index in [1.54, 1.807) is 12.1 Å². The molecule has 2 aromatic rings. The molecule has 1 unspecified atom stereocenters. The SMILES string of the molecule is Cn1ccc2c(C3CCC(=O)NC3=O)cc(C=O)cc21. The number of rotatable bonds is 2. The van der Waals surface area contributed by atoms with Crippen molar-refractivity contribution in [1.82, 2.24) is 9.88 Å². The van der Waals surface area contributed by atoms with Gasteiger partial charge in [-0.1, -0.05) is 0 Å². The van der Waals surface area contributed by atoms with Gasteiger partial charge >= 0.3 is 0 Å². The van der Waals surface area contributed by atoms with E-state index in [2.05, 4.69) is 5.32 Å². The molecule has 1 saturated heterocycles. The van der Waals surface area contributed by atoms with Gasteiger partial charge in [0, 0.05) is 36.1 Å². The molecular formula is C15H14N2O3. The number of carbonyl (C=O) groups is 3. The van der Waals surface area contributed by atoms with Gasteiger partial charge in [-0.25, -0.2) is 0 Å². The molecule has 0 aliphatic carbocycles.